The average molecular weight is 267 g/mol. The number of hydrogen-bond donors (Lipinski definition) is 2. The number of ether oxygens (including phenoxy) is 1. The Bertz CT molecular complexity index is 373. The topological polar surface area (TPSA) is 78.0 Å². The number of nitrogens with one attached hydrogen (secondary N) is 1. The van der Waals surface area contributed by atoms with Crippen LogP contribution in [-0.4, -0.2) is 34.0 Å². The van der Waals surface area contributed by atoms with Gasteiger partial charge >= 0.3 is 0 Å². The van der Waals surface area contributed by atoms with Gasteiger partial charge in [0, 0.05) is 25.6 Å². The highest BCUT2D eigenvalue weighted by Gasteiger charge is 2.25. The van der Waals surface area contributed by atoms with Crippen LogP contribution in [0.3, 0.4) is 0 Å². The molecule has 0 aliphatic carbocycles. The lowest BCUT2D eigenvalue weighted by Crippen LogP contribution is -2.45. The molecule has 108 valence electrons. The number of nitrogens with zero attached hydrogens (tertiary/aromatic N) is 3. The highest BCUT2D eigenvalue weighted by Crippen LogP contribution is 2.19. The molecule has 1 saturated heterocycles. The second-order valence-electron chi connectivity index (χ2n) is 5.71. The summed E-state index contributed by atoms with van der Waals surface area (Å²) in [6.45, 7) is 6.91. The first-order valence-electron chi connectivity index (χ1n) is 7.11. The van der Waals surface area contributed by atoms with E-state index >= 15 is 0 Å². The van der Waals surface area contributed by atoms with E-state index in [-0.39, 0.29) is 6.04 Å². The zero-order valence-corrected chi connectivity index (χ0v) is 11.9. The van der Waals surface area contributed by atoms with Gasteiger partial charge in [-0.3, -0.25) is 11.3 Å². The van der Waals surface area contributed by atoms with Crippen LogP contribution < -0.4 is 11.3 Å². The fourth-order valence-electron chi connectivity index (χ4n) is 2.59. The Morgan fingerprint density at radius 2 is 2.42 bits per heavy atom. The molecule has 6 heteroatoms. The quantitative estimate of drug-likeness (QED) is 0.587. The monoisotopic (exact) mass is 267 g/mol. The number of hydrogen-bond acceptors (Lipinski definition) is 5. The van der Waals surface area contributed by atoms with Gasteiger partial charge in [-0.1, -0.05) is 13.8 Å². The molecular formula is C13H25N5O. The van der Waals surface area contributed by atoms with Crippen molar-refractivity contribution in [2.24, 2.45) is 17.7 Å². The van der Waals surface area contributed by atoms with Crippen molar-refractivity contribution >= 4 is 0 Å². The van der Waals surface area contributed by atoms with Crippen molar-refractivity contribution in [3.05, 3.63) is 12.2 Å². The molecule has 2 rings (SSSR count). The molecule has 1 aliphatic heterocycles. The van der Waals surface area contributed by atoms with Crippen molar-refractivity contribution in [2.45, 2.75) is 45.7 Å². The lowest BCUT2D eigenvalue weighted by molar-refractivity contribution is 0.0388. The van der Waals surface area contributed by atoms with Gasteiger partial charge in [0.2, 0.25) is 0 Å². The molecule has 3 N–H and O–H groups in total. The van der Waals surface area contributed by atoms with Crippen LogP contribution in [0.1, 0.15) is 32.5 Å². The largest absolute Gasteiger partial charge is 0.381 e. The van der Waals surface area contributed by atoms with Crippen molar-refractivity contribution in [3.63, 3.8) is 0 Å². The van der Waals surface area contributed by atoms with Crippen LogP contribution in [0.4, 0.5) is 0 Å². The second-order valence-corrected chi connectivity index (χ2v) is 5.71. The van der Waals surface area contributed by atoms with Crippen LogP contribution >= 0.6 is 0 Å². The van der Waals surface area contributed by atoms with Crippen LogP contribution in [0.2, 0.25) is 0 Å². The van der Waals surface area contributed by atoms with E-state index in [1.54, 1.807) is 6.33 Å². The Morgan fingerprint density at radius 3 is 3.05 bits per heavy atom. The molecular weight excluding hydrogens is 242 g/mol. The lowest BCUT2D eigenvalue weighted by Gasteiger charge is -2.29. The maximum Gasteiger partial charge on any atom is 0.138 e. The fraction of sp³-hybridized carbons (Fsp3) is 0.846. The first-order chi connectivity index (χ1) is 9.20. The van der Waals surface area contributed by atoms with E-state index in [4.69, 9.17) is 10.6 Å². The molecule has 0 saturated carbocycles. The molecule has 0 amide bonds. The molecule has 2 heterocycles. The molecule has 1 fully saturated rings. The summed E-state index contributed by atoms with van der Waals surface area (Å²) < 4.78 is 7.53. The summed E-state index contributed by atoms with van der Waals surface area (Å²) in [6, 6.07) is 0.204. The van der Waals surface area contributed by atoms with E-state index in [0.29, 0.717) is 11.8 Å². The summed E-state index contributed by atoms with van der Waals surface area (Å²) >= 11 is 0. The Balaban J connectivity index is 1.99. The molecule has 0 bridgehead atoms. The van der Waals surface area contributed by atoms with Gasteiger partial charge in [0.1, 0.15) is 12.2 Å². The summed E-state index contributed by atoms with van der Waals surface area (Å²) in [6.07, 6.45) is 4.70. The van der Waals surface area contributed by atoms with Crippen LogP contribution in [0.5, 0.6) is 0 Å². The van der Waals surface area contributed by atoms with E-state index in [9.17, 15) is 0 Å². The van der Waals surface area contributed by atoms with Gasteiger partial charge in [-0.15, -0.1) is 0 Å². The molecule has 19 heavy (non-hydrogen) atoms. The van der Waals surface area contributed by atoms with E-state index < -0.39 is 0 Å². The SMILES string of the molecule is CC(C)Cn1ncnc1CC(NN)C1CCCOC1. The number of aromatic nitrogens is 3. The van der Waals surface area contributed by atoms with Gasteiger partial charge in [-0.2, -0.15) is 5.10 Å². The minimum absolute atomic E-state index is 0.204. The van der Waals surface area contributed by atoms with Crippen LogP contribution in [0.15, 0.2) is 6.33 Å². The van der Waals surface area contributed by atoms with Gasteiger partial charge < -0.3 is 4.74 Å². The van der Waals surface area contributed by atoms with E-state index in [2.05, 4.69) is 29.4 Å². The first-order valence-corrected chi connectivity index (χ1v) is 7.11. The lowest BCUT2D eigenvalue weighted by atomic mass is 9.92. The van der Waals surface area contributed by atoms with Crippen molar-refractivity contribution in [3.8, 4) is 0 Å². The fourth-order valence-corrected chi connectivity index (χ4v) is 2.59. The third kappa shape index (κ3) is 3.99. The molecule has 6 nitrogen and oxygen atoms in total. The Morgan fingerprint density at radius 1 is 1.58 bits per heavy atom. The molecule has 1 aliphatic rings. The van der Waals surface area contributed by atoms with E-state index in [1.807, 2.05) is 4.68 Å². The maximum absolute atomic E-state index is 5.71. The summed E-state index contributed by atoms with van der Waals surface area (Å²) in [5.41, 5.74) is 2.93. The first kappa shape index (κ1) is 14.4. The maximum atomic E-state index is 5.71. The van der Waals surface area contributed by atoms with Gasteiger partial charge in [-0.25, -0.2) is 9.67 Å². The number of rotatable bonds is 6. The summed E-state index contributed by atoms with van der Waals surface area (Å²) in [7, 11) is 0. The predicted octanol–water partition coefficient (Wildman–Crippen LogP) is 0.735. The minimum Gasteiger partial charge on any atom is -0.381 e. The zero-order chi connectivity index (χ0) is 13.7. The normalized spacial score (nSPS) is 21.8. The summed E-state index contributed by atoms with van der Waals surface area (Å²) in [5, 5.41) is 4.29. The molecule has 2 unspecified atom stereocenters. The predicted molar refractivity (Wildman–Crippen MR) is 73.2 cm³/mol. The Hall–Kier alpha value is -0.980. The standard InChI is InChI=1S/C13H25N5O/c1-10(2)7-18-13(15-9-16-18)6-12(17-14)11-4-3-5-19-8-11/h9-12,17H,3-8,14H2,1-2H3. The van der Waals surface area contributed by atoms with Gasteiger partial charge in [-0.05, 0) is 24.7 Å². The zero-order valence-electron chi connectivity index (χ0n) is 11.9. The number of hydrazine groups is 1. The van der Waals surface area contributed by atoms with Crippen molar-refractivity contribution in [2.75, 3.05) is 13.2 Å². The van der Waals surface area contributed by atoms with Crippen LogP contribution in [0.25, 0.3) is 0 Å². The van der Waals surface area contributed by atoms with Crippen LogP contribution in [0, 0.1) is 11.8 Å². The van der Waals surface area contributed by atoms with Gasteiger partial charge in [0.25, 0.3) is 0 Å². The molecule has 2 atom stereocenters. The third-order valence-electron chi connectivity index (χ3n) is 3.61. The van der Waals surface area contributed by atoms with E-state index in [0.717, 1.165) is 44.8 Å². The summed E-state index contributed by atoms with van der Waals surface area (Å²) in [5.74, 6) is 7.73. The molecule has 1 aromatic heterocycles. The molecule has 0 radical (unpaired) electrons. The summed E-state index contributed by atoms with van der Waals surface area (Å²) in [4.78, 5) is 4.37. The highest BCUT2D eigenvalue weighted by atomic mass is 16.5. The highest BCUT2D eigenvalue weighted by molar-refractivity contribution is 4.92. The van der Waals surface area contributed by atoms with Crippen molar-refractivity contribution < 1.29 is 4.74 Å². The van der Waals surface area contributed by atoms with Gasteiger partial charge in [0.15, 0.2) is 0 Å². The Kier molecular flexibility index (Phi) is 5.30. The van der Waals surface area contributed by atoms with Gasteiger partial charge in [0.05, 0.1) is 6.61 Å². The molecule has 0 aromatic carbocycles. The molecule has 1 aromatic rings. The molecule has 0 spiro atoms. The van der Waals surface area contributed by atoms with Crippen LogP contribution in [-0.2, 0) is 17.7 Å². The minimum atomic E-state index is 0.204. The number of nitrogens with two attached hydrogens (primary N) is 1. The van der Waals surface area contributed by atoms with Crippen molar-refractivity contribution in [1.29, 1.82) is 0 Å². The van der Waals surface area contributed by atoms with Crippen molar-refractivity contribution in [1.82, 2.24) is 20.2 Å². The van der Waals surface area contributed by atoms with E-state index in [1.165, 1.54) is 0 Å². The average Bonchev–Trinajstić information content (AvgIpc) is 2.83. The third-order valence-corrected chi connectivity index (χ3v) is 3.61. The Labute approximate surface area is 114 Å². The smallest absolute Gasteiger partial charge is 0.138 e. The second kappa shape index (κ2) is 6.98.